The standard InChI is InChI=1S/C21H28N4OS/c1-15(20(26)22-17-9-5-2-3-6-10-17)27-21-24-23-19(16-13-14-16)25(21)18-11-7-4-8-12-18/h4,7-8,11-12,15-17H,2-3,5-6,9-10,13-14H2,1H3,(H,22,26)/t15-/m1/s1. The number of aromatic nitrogens is 3. The van der Waals surface area contributed by atoms with Crippen molar-refractivity contribution in [1.29, 1.82) is 0 Å². The van der Waals surface area contributed by atoms with Crippen molar-refractivity contribution in [2.45, 2.75) is 80.7 Å². The van der Waals surface area contributed by atoms with Crippen LogP contribution in [0.2, 0.25) is 0 Å². The molecule has 2 aliphatic carbocycles. The largest absolute Gasteiger partial charge is 0.352 e. The molecule has 0 saturated heterocycles. The minimum Gasteiger partial charge on any atom is -0.352 e. The van der Waals surface area contributed by atoms with E-state index in [1.54, 1.807) is 0 Å². The Labute approximate surface area is 165 Å². The van der Waals surface area contributed by atoms with Gasteiger partial charge < -0.3 is 5.32 Å². The molecule has 2 aromatic rings. The second-order valence-electron chi connectivity index (χ2n) is 7.74. The number of carbonyl (C=O) groups excluding carboxylic acids is 1. The molecule has 0 radical (unpaired) electrons. The van der Waals surface area contributed by atoms with Gasteiger partial charge in [-0.15, -0.1) is 10.2 Å². The Morgan fingerprint density at radius 2 is 1.78 bits per heavy atom. The van der Waals surface area contributed by atoms with Gasteiger partial charge in [0.25, 0.3) is 0 Å². The van der Waals surface area contributed by atoms with E-state index in [9.17, 15) is 4.79 Å². The molecular weight excluding hydrogens is 356 g/mol. The number of benzene rings is 1. The lowest BCUT2D eigenvalue weighted by Crippen LogP contribution is -2.39. The molecule has 1 amide bonds. The van der Waals surface area contributed by atoms with Gasteiger partial charge in [-0.3, -0.25) is 9.36 Å². The molecule has 1 aromatic heterocycles. The monoisotopic (exact) mass is 384 g/mol. The Kier molecular flexibility index (Phi) is 5.81. The highest BCUT2D eigenvalue weighted by atomic mass is 32.2. The van der Waals surface area contributed by atoms with E-state index >= 15 is 0 Å². The first-order valence-corrected chi connectivity index (χ1v) is 11.1. The number of nitrogens with zero attached hydrogens (tertiary/aromatic N) is 3. The molecular formula is C21H28N4OS. The van der Waals surface area contributed by atoms with Crippen molar-refractivity contribution in [2.24, 2.45) is 0 Å². The highest BCUT2D eigenvalue weighted by Crippen LogP contribution is 2.41. The van der Waals surface area contributed by atoms with E-state index < -0.39 is 0 Å². The highest BCUT2D eigenvalue weighted by molar-refractivity contribution is 8.00. The van der Waals surface area contributed by atoms with E-state index in [1.807, 2.05) is 25.1 Å². The van der Waals surface area contributed by atoms with Crippen molar-refractivity contribution in [2.75, 3.05) is 0 Å². The Bertz CT molecular complexity index is 764. The minimum atomic E-state index is -0.188. The summed E-state index contributed by atoms with van der Waals surface area (Å²) >= 11 is 1.51. The molecule has 0 unspecified atom stereocenters. The van der Waals surface area contributed by atoms with E-state index in [2.05, 4.69) is 32.2 Å². The van der Waals surface area contributed by atoms with E-state index in [-0.39, 0.29) is 11.2 Å². The Morgan fingerprint density at radius 1 is 1.07 bits per heavy atom. The quantitative estimate of drug-likeness (QED) is 0.590. The van der Waals surface area contributed by atoms with Crippen LogP contribution in [0.3, 0.4) is 0 Å². The molecule has 2 fully saturated rings. The van der Waals surface area contributed by atoms with Gasteiger partial charge >= 0.3 is 0 Å². The van der Waals surface area contributed by atoms with Gasteiger partial charge in [-0.25, -0.2) is 0 Å². The molecule has 1 atom stereocenters. The number of rotatable bonds is 6. The van der Waals surface area contributed by atoms with Crippen LogP contribution in [0.1, 0.15) is 70.0 Å². The fourth-order valence-electron chi connectivity index (χ4n) is 3.74. The van der Waals surface area contributed by atoms with Crippen molar-refractivity contribution in [3.8, 4) is 5.69 Å². The molecule has 2 saturated carbocycles. The van der Waals surface area contributed by atoms with Crippen LogP contribution in [0, 0.1) is 0 Å². The summed E-state index contributed by atoms with van der Waals surface area (Å²) in [6.45, 7) is 1.97. The molecule has 144 valence electrons. The molecule has 1 aromatic carbocycles. The molecule has 2 aliphatic rings. The highest BCUT2D eigenvalue weighted by Gasteiger charge is 2.32. The zero-order valence-electron chi connectivity index (χ0n) is 15.9. The van der Waals surface area contributed by atoms with Gasteiger partial charge in [0, 0.05) is 17.6 Å². The van der Waals surface area contributed by atoms with E-state index in [0.29, 0.717) is 12.0 Å². The van der Waals surface area contributed by atoms with Crippen LogP contribution in [0.15, 0.2) is 35.5 Å². The summed E-state index contributed by atoms with van der Waals surface area (Å²) in [5, 5.41) is 12.8. The summed E-state index contributed by atoms with van der Waals surface area (Å²) in [4.78, 5) is 12.7. The van der Waals surface area contributed by atoms with Crippen LogP contribution in [-0.2, 0) is 4.79 Å². The van der Waals surface area contributed by atoms with E-state index in [1.165, 1.54) is 50.3 Å². The maximum atomic E-state index is 12.7. The Morgan fingerprint density at radius 3 is 2.44 bits per heavy atom. The number of hydrogen-bond donors (Lipinski definition) is 1. The van der Waals surface area contributed by atoms with Crippen molar-refractivity contribution >= 4 is 17.7 Å². The minimum absolute atomic E-state index is 0.113. The predicted molar refractivity (Wildman–Crippen MR) is 108 cm³/mol. The van der Waals surface area contributed by atoms with Crippen molar-refractivity contribution < 1.29 is 4.79 Å². The van der Waals surface area contributed by atoms with Crippen LogP contribution < -0.4 is 5.32 Å². The number of carbonyl (C=O) groups is 1. The summed E-state index contributed by atoms with van der Waals surface area (Å²) in [6.07, 6.45) is 9.59. The SMILES string of the molecule is C[C@@H](Sc1nnc(C2CC2)n1-c1ccccc1)C(=O)NC1CCCCCC1. The topological polar surface area (TPSA) is 59.8 Å². The van der Waals surface area contributed by atoms with Crippen LogP contribution in [0.4, 0.5) is 0 Å². The van der Waals surface area contributed by atoms with E-state index in [0.717, 1.165) is 29.5 Å². The van der Waals surface area contributed by atoms with Gasteiger partial charge in [-0.1, -0.05) is 55.6 Å². The fraction of sp³-hybridized carbons (Fsp3) is 0.571. The third-order valence-corrected chi connectivity index (χ3v) is 6.51. The maximum absolute atomic E-state index is 12.7. The lowest BCUT2D eigenvalue weighted by Gasteiger charge is -2.19. The number of amides is 1. The van der Waals surface area contributed by atoms with Crippen molar-refractivity contribution in [3.63, 3.8) is 0 Å². The number of thioether (sulfide) groups is 1. The normalized spacial score (nSPS) is 19.4. The summed E-state index contributed by atoms with van der Waals surface area (Å²) in [5.74, 6) is 1.64. The zero-order valence-corrected chi connectivity index (χ0v) is 16.8. The predicted octanol–water partition coefficient (Wildman–Crippen LogP) is 4.46. The summed E-state index contributed by atoms with van der Waals surface area (Å²) in [6, 6.07) is 10.6. The lowest BCUT2D eigenvalue weighted by molar-refractivity contribution is -0.121. The molecule has 6 heteroatoms. The smallest absolute Gasteiger partial charge is 0.233 e. The van der Waals surface area contributed by atoms with Gasteiger partial charge in [0.2, 0.25) is 5.91 Å². The van der Waals surface area contributed by atoms with Crippen LogP contribution in [-0.4, -0.2) is 32.0 Å². The first-order valence-electron chi connectivity index (χ1n) is 10.2. The average molecular weight is 385 g/mol. The van der Waals surface area contributed by atoms with E-state index in [4.69, 9.17) is 0 Å². The maximum Gasteiger partial charge on any atom is 0.233 e. The Hall–Kier alpha value is -1.82. The summed E-state index contributed by atoms with van der Waals surface area (Å²) < 4.78 is 2.14. The van der Waals surface area contributed by atoms with Crippen LogP contribution in [0.5, 0.6) is 0 Å². The molecule has 27 heavy (non-hydrogen) atoms. The molecule has 1 N–H and O–H groups in total. The van der Waals surface area contributed by atoms with Crippen molar-refractivity contribution in [1.82, 2.24) is 20.1 Å². The summed E-state index contributed by atoms with van der Waals surface area (Å²) in [5.41, 5.74) is 1.07. The molecule has 0 bridgehead atoms. The second kappa shape index (κ2) is 8.46. The first kappa shape index (κ1) is 18.5. The molecule has 0 aliphatic heterocycles. The molecule has 1 heterocycles. The molecule has 5 nitrogen and oxygen atoms in total. The second-order valence-corrected chi connectivity index (χ2v) is 9.05. The van der Waals surface area contributed by atoms with Crippen LogP contribution >= 0.6 is 11.8 Å². The van der Waals surface area contributed by atoms with Gasteiger partial charge in [0.05, 0.1) is 5.25 Å². The van der Waals surface area contributed by atoms with Crippen LogP contribution in [0.25, 0.3) is 5.69 Å². The van der Waals surface area contributed by atoms with Gasteiger partial charge in [-0.05, 0) is 44.7 Å². The molecule has 4 rings (SSSR count). The molecule has 0 spiro atoms. The van der Waals surface area contributed by atoms with Gasteiger partial charge in [0.1, 0.15) is 5.82 Å². The Balaban J connectivity index is 1.48. The van der Waals surface area contributed by atoms with Gasteiger partial charge in [-0.2, -0.15) is 0 Å². The fourth-order valence-corrected chi connectivity index (χ4v) is 4.62. The zero-order chi connectivity index (χ0) is 18.6. The third-order valence-electron chi connectivity index (χ3n) is 5.47. The number of hydrogen-bond acceptors (Lipinski definition) is 4. The van der Waals surface area contributed by atoms with Crippen molar-refractivity contribution in [3.05, 3.63) is 36.2 Å². The third kappa shape index (κ3) is 4.54. The average Bonchev–Trinajstić information content (AvgIpc) is 3.48. The summed E-state index contributed by atoms with van der Waals surface area (Å²) in [7, 11) is 0. The first-order chi connectivity index (χ1) is 13.2. The number of para-hydroxylation sites is 1. The number of nitrogens with one attached hydrogen (secondary N) is 1. The lowest BCUT2D eigenvalue weighted by atomic mass is 10.1. The van der Waals surface area contributed by atoms with Gasteiger partial charge in [0.15, 0.2) is 5.16 Å².